The maximum atomic E-state index is 5.42. The Morgan fingerprint density at radius 1 is 1.12 bits per heavy atom. The summed E-state index contributed by atoms with van der Waals surface area (Å²) < 4.78 is 6.56. The van der Waals surface area contributed by atoms with Gasteiger partial charge in [0.2, 0.25) is 0 Å². The minimum Gasteiger partial charge on any atom is -0.370 e. The van der Waals surface area contributed by atoms with Crippen LogP contribution in [0.4, 0.5) is 0 Å². The van der Waals surface area contributed by atoms with Crippen molar-refractivity contribution in [2.75, 3.05) is 39.9 Å². The molecule has 0 aromatic rings. The molecule has 0 unspecified atom stereocenters. The van der Waals surface area contributed by atoms with Crippen molar-refractivity contribution in [3.63, 3.8) is 0 Å². The molecule has 1 aliphatic rings. The predicted octanol–water partition coefficient (Wildman–Crippen LogP) is 3.16. The highest BCUT2D eigenvalue weighted by Crippen LogP contribution is 2.11. The SMILES string of the molecule is CC(C)=CCC/C(C)=C/C[N+]1(C)CCOCC1. The molecule has 0 atom stereocenters. The van der Waals surface area contributed by atoms with Crippen molar-refractivity contribution in [2.24, 2.45) is 0 Å². The Balaban J connectivity index is 2.33. The first kappa shape index (κ1) is 14.5. The fraction of sp³-hybridized carbons (Fsp3) is 0.733. The summed E-state index contributed by atoms with van der Waals surface area (Å²) in [4.78, 5) is 0. The topological polar surface area (TPSA) is 9.23 Å². The van der Waals surface area contributed by atoms with Crippen molar-refractivity contribution >= 4 is 0 Å². The third-order valence-electron chi connectivity index (χ3n) is 3.52. The van der Waals surface area contributed by atoms with Gasteiger partial charge in [0.25, 0.3) is 0 Å². The van der Waals surface area contributed by atoms with Crippen molar-refractivity contribution < 1.29 is 9.22 Å². The van der Waals surface area contributed by atoms with Gasteiger partial charge in [0.15, 0.2) is 0 Å². The number of rotatable bonds is 5. The van der Waals surface area contributed by atoms with Crippen molar-refractivity contribution in [2.45, 2.75) is 33.6 Å². The average Bonchev–Trinajstić information content (AvgIpc) is 2.27. The monoisotopic (exact) mass is 238 g/mol. The highest BCUT2D eigenvalue weighted by atomic mass is 16.5. The molecule has 1 rings (SSSR count). The van der Waals surface area contributed by atoms with Crippen molar-refractivity contribution in [1.82, 2.24) is 0 Å². The van der Waals surface area contributed by atoms with Gasteiger partial charge in [0, 0.05) is 0 Å². The molecule has 98 valence electrons. The van der Waals surface area contributed by atoms with Crippen LogP contribution in [0.5, 0.6) is 0 Å². The van der Waals surface area contributed by atoms with Gasteiger partial charge in [-0.2, -0.15) is 0 Å². The zero-order valence-electron chi connectivity index (χ0n) is 12.0. The van der Waals surface area contributed by atoms with E-state index in [1.54, 1.807) is 0 Å². The summed E-state index contributed by atoms with van der Waals surface area (Å²) in [5.41, 5.74) is 2.94. The molecule has 0 aromatic heterocycles. The van der Waals surface area contributed by atoms with E-state index in [9.17, 15) is 0 Å². The Morgan fingerprint density at radius 2 is 1.76 bits per heavy atom. The highest BCUT2D eigenvalue weighted by Gasteiger charge is 2.23. The van der Waals surface area contributed by atoms with E-state index in [1.165, 1.54) is 24.0 Å². The van der Waals surface area contributed by atoms with Gasteiger partial charge in [-0.3, -0.25) is 0 Å². The summed E-state index contributed by atoms with van der Waals surface area (Å²) in [5.74, 6) is 0. The van der Waals surface area contributed by atoms with Gasteiger partial charge >= 0.3 is 0 Å². The molecule has 0 bridgehead atoms. The molecule has 1 saturated heterocycles. The summed E-state index contributed by atoms with van der Waals surface area (Å²) in [6.45, 7) is 11.9. The van der Waals surface area contributed by atoms with Gasteiger partial charge in [-0.05, 0) is 39.7 Å². The molecule has 0 aromatic carbocycles. The molecular formula is C15H28NO+. The average molecular weight is 238 g/mol. The Labute approximate surface area is 107 Å². The van der Waals surface area contributed by atoms with Gasteiger partial charge in [-0.1, -0.05) is 17.2 Å². The first-order chi connectivity index (χ1) is 8.02. The number of ether oxygens (including phenoxy) is 1. The largest absolute Gasteiger partial charge is 0.370 e. The minimum atomic E-state index is 0.918. The standard InChI is InChI=1S/C15H28NO/c1-14(2)6-5-7-15(3)8-9-16(4)10-12-17-13-11-16/h6,8H,5,7,9-13H2,1-4H3/q+1/b15-8+. The van der Waals surface area contributed by atoms with Crippen molar-refractivity contribution in [1.29, 1.82) is 0 Å². The smallest absolute Gasteiger partial charge is 0.102 e. The minimum absolute atomic E-state index is 0.918. The molecule has 1 aliphatic heterocycles. The lowest BCUT2D eigenvalue weighted by Gasteiger charge is -2.36. The summed E-state index contributed by atoms with van der Waals surface area (Å²) in [6.07, 6.45) is 7.12. The van der Waals surface area contributed by atoms with Crippen LogP contribution in [0.1, 0.15) is 33.6 Å². The van der Waals surface area contributed by atoms with Gasteiger partial charge < -0.3 is 9.22 Å². The fourth-order valence-corrected chi connectivity index (χ4v) is 2.03. The van der Waals surface area contributed by atoms with Crippen LogP contribution in [0, 0.1) is 0 Å². The van der Waals surface area contributed by atoms with E-state index < -0.39 is 0 Å². The first-order valence-electron chi connectivity index (χ1n) is 6.72. The molecule has 0 radical (unpaired) electrons. The van der Waals surface area contributed by atoms with Crippen LogP contribution < -0.4 is 0 Å². The molecule has 0 spiro atoms. The summed E-state index contributed by atoms with van der Waals surface area (Å²) in [6, 6.07) is 0. The lowest BCUT2D eigenvalue weighted by molar-refractivity contribution is -0.911. The lowest BCUT2D eigenvalue weighted by atomic mass is 10.1. The van der Waals surface area contributed by atoms with Gasteiger partial charge in [0.1, 0.15) is 13.1 Å². The molecule has 2 heteroatoms. The van der Waals surface area contributed by atoms with E-state index in [-0.39, 0.29) is 0 Å². The molecule has 0 amide bonds. The van der Waals surface area contributed by atoms with Crippen LogP contribution in [-0.4, -0.2) is 44.4 Å². The molecule has 0 N–H and O–H groups in total. The summed E-state index contributed by atoms with van der Waals surface area (Å²) in [5, 5.41) is 0. The number of hydrogen-bond donors (Lipinski definition) is 0. The Kier molecular flexibility index (Phi) is 5.93. The van der Waals surface area contributed by atoms with E-state index in [4.69, 9.17) is 4.74 Å². The molecule has 2 nitrogen and oxygen atoms in total. The molecular weight excluding hydrogens is 210 g/mol. The lowest BCUT2D eigenvalue weighted by Crippen LogP contribution is -2.51. The second kappa shape index (κ2) is 6.97. The predicted molar refractivity (Wildman–Crippen MR) is 74.0 cm³/mol. The summed E-state index contributed by atoms with van der Waals surface area (Å²) >= 11 is 0. The molecule has 1 heterocycles. The number of hydrogen-bond acceptors (Lipinski definition) is 1. The third kappa shape index (κ3) is 6.04. The van der Waals surface area contributed by atoms with Crippen molar-refractivity contribution in [3.8, 4) is 0 Å². The zero-order valence-corrected chi connectivity index (χ0v) is 12.0. The first-order valence-corrected chi connectivity index (χ1v) is 6.72. The van der Waals surface area contributed by atoms with E-state index in [1.807, 2.05) is 0 Å². The van der Waals surface area contributed by atoms with Crippen LogP contribution in [-0.2, 0) is 4.74 Å². The van der Waals surface area contributed by atoms with E-state index in [0.717, 1.165) is 37.3 Å². The van der Waals surface area contributed by atoms with Crippen LogP contribution in [0.25, 0.3) is 0 Å². The maximum Gasteiger partial charge on any atom is 0.102 e. The number of likely N-dealkylation sites (N-methyl/N-ethyl adjacent to an activating group) is 1. The molecule has 0 saturated carbocycles. The molecule has 0 aliphatic carbocycles. The Hall–Kier alpha value is -0.600. The van der Waals surface area contributed by atoms with E-state index in [2.05, 4.69) is 40.0 Å². The third-order valence-corrected chi connectivity index (χ3v) is 3.52. The highest BCUT2D eigenvalue weighted by molar-refractivity contribution is 5.02. The second-order valence-corrected chi connectivity index (χ2v) is 5.73. The molecule has 17 heavy (non-hydrogen) atoms. The normalized spacial score (nSPS) is 20.1. The molecule has 1 fully saturated rings. The summed E-state index contributed by atoms with van der Waals surface area (Å²) in [7, 11) is 2.34. The number of quaternary nitrogens is 1. The second-order valence-electron chi connectivity index (χ2n) is 5.73. The maximum absolute atomic E-state index is 5.42. The van der Waals surface area contributed by atoms with Gasteiger partial charge in [-0.25, -0.2) is 0 Å². The Morgan fingerprint density at radius 3 is 2.35 bits per heavy atom. The van der Waals surface area contributed by atoms with E-state index in [0.29, 0.717) is 0 Å². The van der Waals surface area contributed by atoms with Crippen LogP contribution in [0.3, 0.4) is 0 Å². The van der Waals surface area contributed by atoms with E-state index >= 15 is 0 Å². The fourth-order valence-electron chi connectivity index (χ4n) is 2.03. The van der Waals surface area contributed by atoms with Crippen LogP contribution in [0.15, 0.2) is 23.3 Å². The zero-order chi connectivity index (χ0) is 12.7. The number of allylic oxidation sites excluding steroid dienone is 3. The number of nitrogens with zero attached hydrogens (tertiary/aromatic N) is 1. The van der Waals surface area contributed by atoms with Gasteiger partial charge in [-0.15, -0.1) is 0 Å². The Bertz CT molecular complexity index is 281. The number of morpholine rings is 1. The van der Waals surface area contributed by atoms with Crippen LogP contribution in [0.2, 0.25) is 0 Å². The quantitative estimate of drug-likeness (QED) is 0.528. The van der Waals surface area contributed by atoms with Gasteiger partial charge in [0.05, 0.1) is 26.8 Å². The van der Waals surface area contributed by atoms with Crippen LogP contribution >= 0.6 is 0 Å². The van der Waals surface area contributed by atoms with Crippen molar-refractivity contribution in [3.05, 3.63) is 23.3 Å².